The molecule has 1 aliphatic rings. The predicted molar refractivity (Wildman–Crippen MR) is 69.8 cm³/mol. The maximum absolute atomic E-state index is 12.0. The Kier molecular flexibility index (Phi) is 4.37. The molecule has 3 nitrogen and oxygen atoms in total. The average Bonchev–Trinajstić information content (AvgIpc) is 2.83. The van der Waals surface area contributed by atoms with Crippen molar-refractivity contribution in [2.75, 3.05) is 13.7 Å². The molecule has 0 aromatic heterocycles. The largest absolute Gasteiger partial charge is 0.497 e. The number of carbonyl (C=O) groups excluding carboxylic acids is 1. The molecule has 0 bridgehead atoms. The number of methoxy groups -OCH3 is 1. The van der Waals surface area contributed by atoms with Crippen LogP contribution in [0.25, 0.3) is 0 Å². The number of ether oxygens (including phenoxy) is 2. The van der Waals surface area contributed by atoms with Gasteiger partial charge in [-0.15, -0.1) is 0 Å². The lowest BCUT2D eigenvalue weighted by molar-refractivity contribution is -0.129. The molecule has 1 saturated heterocycles. The Balaban J connectivity index is 1.85. The summed E-state index contributed by atoms with van der Waals surface area (Å²) in [6.07, 6.45) is 2.15. The molecule has 0 aliphatic carbocycles. The molecular formula is C15H20O3. The normalized spacial score (nSPS) is 23.0. The molecule has 0 spiro atoms. The van der Waals surface area contributed by atoms with Gasteiger partial charge in [0.05, 0.1) is 7.11 Å². The topological polar surface area (TPSA) is 35.5 Å². The maximum atomic E-state index is 12.0. The van der Waals surface area contributed by atoms with Crippen molar-refractivity contribution in [3.05, 3.63) is 29.8 Å². The molecule has 0 N–H and O–H groups in total. The minimum atomic E-state index is -0.178. The summed E-state index contributed by atoms with van der Waals surface area (Å²) in [6.45, 7) is 2.81. The third-order valence-electron chi connectivity index (χ3n) is 3.52. The van der Waals surface area contributed by atoms with Crippen molar-refractivity contribution in [1.29, 1.82) is 0 Å². The number of hydrogen-bond acceptors (Lipinski definition) is 3. The monoisotopic (exact) mass is 248 g/mol. The highest BCUT2D eigenvalue weighted by Crippen LogP contribution is 2.22. The highest BCUT2D eigenvalue weighted by atomic mass is 16.5. The van der Waals surface area contributed by atoms with E-state index in [9.17, 15) is 4.79 Å². The van der Waals surface area contributed by atoms with Gasteiger partial charge >= 0.3 is 0 Å². The van der Waals surface area contributed by atoms with E-state index in [0.717, 1.165) is 30.8 Å². The SMILES string of the molecule is COc1ccc(CCC(=O)C2OCCC2C)cc1. The van der Waals surface area contributed by atoms with Crippen molar-refractivity contribution >= 4 is 5.78 Å². The van der Waals surface area contributed by atoms with Gasteiger partial charge in [-0.05, 0) is 36.5 Å². The summed E-state index contributed by atoms with van der Waals surface area (Å²) in [7, 11) is 1.65. The third-order valence-corrected chi connectivity index (χ3v) is 3.52. The van der Waals surface area contributed by atoms with Gasteiger partial charge in [-0.2, -0.15) is 0 Å². The number of carbonyl (C=O) groups is 1. The number of aryl methyl sites for hydroxylation is 1. The van der Waals surface area contributed by atoms with Crippen LogP contribution in [0.5, 0.6) is 5.75 Å². The first-order valence-electron chi connectivity index (χ1n) is 6.48. The second-order valence-corrected chi connectivity index (χ2v) is 4.87. The summed E-state index contributed by atoms with van der Waals surface area (Å²) in [6, 6.07) is 7.86. The smallest absolute Gasteiger partial charge is 0.162 e. The summed E-state index contributed by atoms with van der Waals surface area (Å²) < 4.78 is 10.6. The molecule has 0 radical (unpaired) electrons. The fourth-order valence-corrected chi connectivity index (χ4v) is 2.31. The predicted octanol–water partition coefficient (Wildman–Crippen LogP) is 2.62. The second-order valence-electron chi connectivity index (χ2n) is 4.87. The van der Waals surface area contributed by atoms with Crippen LogP contribution in [0.4, 0.5) is 0 Å². The van der Waals surface area contributed by atoms with E-state index in [1.807, 2.05) is 24.3 Å². The van der Waals surface area contributed by atoms with Crippen LogP contribution < -0.4 is 4.74 Å². The van der Waals surface area contributed by atoms with E-state index in [4.69, 9.17) is 9.47 Å². The lowest BCUT2D eigenvalue weighted by Gasteiger charge is -2.13. The lowest BCUT2D eigenvalue weighted by atomic mass is 9.96. The van der Waals surface area contributed by atoms with Crippen LogP contribution in [-0.2, 0) is 16.0 Å². The highest BCUT2D eigenvalue weighted by Gasteiger charge is 2.29. The van der Waals surface area contributed by atoms with Crippen LogP contribution in [0, 0.1) is 5.92 Å². The molecule has 18 heavy (non-hydrogen) atoms. The van der Waals surface area contributed by atoms with Gasteiger partial charge in [0.15, 0.2) is 5.78 Å². The van der Waals surface area contributed by atoms with Crippen molar-refractivity contribution in [2.45, 2.75) is 32.3 Å². The van der Waals surface area contributed by atoms with E-state index in [1.165, 1.54) is 0 Å². The number of benzene rings is 1. The van der Waals surface area contributed by atoms with Gasteiger partial charge in [-0.3, -0.25) is 4.79 Å². The average molecular weight is 248 g/mol. The van der Waals surface area contributed by atoms with E-state index in [0.29, 0.717) is 12.3 Å². The maximum Gasteiger partial charge on any atom is 0.162 e. The van der Waals surface area contributed by atoms with Crippen molar-refractivity contribution in [1.82, 2.24) is 0 Å². The molecule has 3 heteroatoms. The van der Waals surface area contributed by atoms with Gasteiger partial charge in [0, 0.05) is 13.0 Å². The van der Waals surface area contributed by atoms with Crippen molar-refractivity contribution in [3.8, 4) is 5.75 Å². The summed E-state index contributed by atoms with van der Waals surface area (Å²) in [4.78, 5) is 12.0. The van der Waals surface area contributed by atoms with Crippen molar-refractivity contribution in [3.63, 3.8) is 0 Å². The first kappa shape index (κ1) is 13.1. The summed E-state index contributed by atoms with van der Waals surface area (Å²) in [5.74, 6) is 1.45. The Labute approximate surface area is 108 Å². The molecule has 1 aromatic rings. The molecule has 2 rings (SSSR count). The second kappa shape index (κ2) is 6.01. The molecule has 98 valence electrons. The zero-order chi connectivity index (χ0) is 13.0. The van der Waals surface area contributed by atoms with E-state index in [-0.39, 0.29) is 11.9 Å². The Bertz CT molecular complexity index is 397. The number of ketones is 1. The Morgan fingerprint density at radius 2 is 2.11 bits per heavy atom. The van der Waals surface area contributed by atoms with Crippen molar-refractivity contribution in [2.24, 2.45) is 5.92 Å². The van der Waals surface area contributed by atoms with Crippen LogP contribution >= 0.6 is 0 Å². The van der Waals surface area contributed by atoms with E-state index in [2.05, 4.69) is 6.92 Å². The first-order valence-corrected chi connectivity index (χ1v) is 6.48. The zero-order valence-electron chi connectivity index (χ0n) is 11.0. The van der Waals surface area contributed by atoms with Gasteiger partial charge in [0.1, 0.15) is 11.9 Å². The van der Waals surface area contributed by atoms with Gasteiger partial charge in [-0.25, -0.2) is 0 Å². The Morgan fingerprint density at radius 3 is 2.67 bits per heavy atom. The van der Waals surface area contributed by atoms with Crippen LogP contribution in [0.3, 0.4) is 0 Å². The molecule has 1 heterocycles. The standard InChI is InChI=1S/C15H20O3/c1-11-9-10-18-15(11)14(16)8-5-12-3-6-13(17-2)7-4-12/h3-4,6-7,11,15H,5,8-10H2,1-2H3. The van der Waals surface area contributed by atoms with E-state index in [1.54, 1.807) is 7.11 Å². The third kappa shape index (κ3) is 3.10. The highest BCUT2D eigenvalue weighted by molar-refractivity contribution is 5.83. The van der Waals surface area contributed by atoms with E-state index < -0.39 is 0 Å². The van der Waals surface area contributed by atoms with Crippen LogP contribution in [0.1, 0.15) is 25.3 Å². The minimum Gasteiger partial charge on any atom is -0.497 e. The van der Waals surface area contributed by atoms with Crippen LogP contribution in [-0.4, -0.2) is 25.6 Å². The zero-order valence-corrected chi connectivity index (χ0v) is 11.0. The fraction of sp³-hybridized carbons (Fsp3) is 0.533. The Morgan fingerprint density at radius 1 is 1.39 bits per heavy atom. The van der Waals surface area contributed by atoms with Gasteiger partial charge in [0.25, 0.3) is 0 Å². The number of rotatable bonds is 5. The number of Topliss-reactive ketones (excluding diaryl/α,β-unsaturated/α-hetero) is 1. The molecule has 1 fully saturated rings. The van der Waals surface area contributed by atoms with Gasteiger partial charge in [0.2, 0.25) is 0 Å². The molecule has 2 unspecified atom stereocenters. The quantitative estimate of drug-likeness (QED) is 0.803. The van der Waals surface area contributed by atoms with Crippen molar-refractivity contribution < 1.29 is 14.3 Å². The first-order chi connectivity index (χ1) is 8.70. The lowest BCUT2D eigenvalue weighted by Crippen LogP contribution is -2.25. The van der Waals surface area contributed by atoms with Crippen LogP contribution in [0.15, 0.2) is 24.3 Å². The molecule has 0 saturated carbocycles. The molecule has 0 amide bonds. The van der Waals surface area contributed by atoms with E-state index >= 15 is 0 Å². The fourth-order valence-electron chi connectivity index (χ4n) is 2.31. The number of hydrogen-bond donors (Lipinski definition) is 0. The molecule has 2 atom stereocenters. The summed E-state index contributed by atoms with van der Waals surface area (Å²) in [5.41, 5.74) is 1.16. The van der Waals surface area contributed by atoms with Gasteiger partial charge < -0.3 is 9.47 Å². The molecular weight excluding hydrogens is 228 g/mol. The van der Waals surface area contributed by atoms with Crippen LogP contribution in [0.2, 0.25) is 0 Å². The minimum absolute atomic E-state index is 0.178. The molecule has 1 aromatic carbocycles. The van der Waals surface area contributed by atoms with Gasteiger partial charge in [-0.1, -0.05) is 19.1 Å². The molecule has 1 aliphatic heterocycles. The Hall–Kier alpha value is -1.35. The summed E-state index contributed by atoms with van der Waals surface area (Å²) in [5, 5.41) is 0. The summed E-state index contributed by atoms with van der Waals surface area (Å²) >= 11 is 0.